The first-order chi connectivity index (χ1) is 13.0. The molecule has 2 aliphatic rings. The van der Waals surface area contributed by atoms with Crippen molar-refractivity contribution in [1.29, 1.82) is 0 Å². The number of carboxylic acids is 1. The molecule has 1 saturated carbocycles. The predicted molar refractivity (Wildman–Crippen MR) is 103 cm³/mol. The summed E-state index contributed by atoms with van der Waals surface area (Å²) in [6.07, 6.45) is 10.9. The zero-order chi connectivity index (χ0) is 19.4. The van der Waals surface area contributed by atoms with Gasteiger partial charge in [-0.3, -0.25) is 14.4 Å². The molecule has 1 fully saturated rings. The van der Waals surface area contributed by atoms with E-state index < -0.39 is 17.9 Å². The van der Waals surface area contributed by atoms with Crippen molar-refractivity contribution in [2.24, 2.45) is 5.92 Å². The highest BCUT2D eigenvalue weighted by atomic mass is 16.4. The van der Waals surface area contributed by atoms with Gasteiger partial charge in [-0.05, 0) is 63.0 Å². The van der Waals surface area contributed by atoms with Crippen LogP contribution in [0, 0.1) is 5.92 Å². The summed E-state index contributed by atoms with van der Waals surface area (Å²) in [5.74, 6) is -1.21. The lowest BCUT2D eigenvalue weighted by atomic mass is 9.89. The number of fused-ring (bicyclic) bond motifs is 1. The summed E-state index contributed by atoms with van der Waals surface area (Å²) in [5, 5.41) is 11.5. The van der Waals surface area contributed by atoms with Crippen LogP contribution in [-0.2, 0) is 24.2 Å². The summed E-state index contributed by atoms with van der Waals surface area (Å²) >= 11 is 0. The van der Waals surface area contributed by atoms with Crippen LogP contribution in [0.5, 0.6) is 0 Å². The van der Waals surface area contributed by atoms with Crippen molar-refractivity contribution in [3.8, 4) is 0 Å². The molecule has 0 spiro atoms. The Morgan fingerprint density at radius 3 is 2.52 bits per heavy atom. The first kappa shape index (κ1) is 19.6. The monoisotopic (exact) mass is 374 g/mol. The SMILES string of the molecule is C[C@@H](NC(=O)c1cc2c(n(CC3CCCCC3)c1=O)CCCCC2)C(=O)O. The number of rotatable bonds is 5. The van der Waals surface area contributed by atoms with E-state index in [9.17, 15) is 14.4 Å². The molecule has 0 aliphatic heterocycles. The topological polar surface area (TPSA) is 88.4 Å². The molecule has 3 rings (SSSR count). The zero-order valence-corrected chi connectivity index (χ0v) is 16.1. The third-order valence-corrected chi connectivity index (χ3v) is 5.98. The highest BCUT2D eigenvalue weighted by molar-refractivity contribution is 5.96. The molecule has 148 valence electrons. The van der Waals surface area contributed by atoms with E-state index in [1.807, 2.05) is 4.57 Å². The molecule has 0 bridgehead atoms. The van der Waals surface area contributed by atoms with Crippen LogP contribution in [0.4, 0.5) is 0 Å². The van der Waals surface area contributed by atoms with E-state index in [4.69, 9.17) is 5.11 Å². The first-order valence-corrected chi connectivity index (χ1v) is 10.3. The Morgan fingerprint density at radius 1 is 1.15 bits per heavy atom. The van der Waals surface area contributed by atoms with Crippen molar-refractivity contribution < 1.29 is 14.7 Å². The third kappa shape index (κ3) is 4.60. The van der Waals surface area contributed by atoms with Crippen LogP contribution in [-0.4, -0.2) is 27.6 Å². The Balaban J connectivity index is 1.97. The standard InChI is InChI=1S/C21H30N2O4/c1-14(21(26)27)22-19(24)17-12-16-10-6-3-7-11-18(16)23(20(17)25)13-15-8-4-2-5-9-15/h12,14-15H,2-11,13H2,1H3,(H,22,24)(H,26,27)/t14-/m1/s1. The number of nitrogens with one attached hydrogen (secondary N) is 1. The fourth-order valence-corrected chi connectivity index (χ4v) is 4.38. The van der Waals surface area contributed by atoms with Crippen LogP contribution in [0.3, 0.4) is 0 Å². The lowest BCUT2D eigenvalue weighted by molar-refractivity contribution is -0.138. The molecule has 0 saturated heterocycles. The Bertz CT molecular complexity index is 762. The molecule has 1 amide bonds. The molecule has 1 aromatic rings. The minimum Gasteiger partial charge on any atom is -0.480 e. The van der Waals surface area contributed by atoms with Crippen molar-refractivity contribution >= 4 is 11.9 Å². The van der Waals surface area contributed by atoms with Crippen LogP contribution in [0.2, 0.25) is 0 Å². The number of hydrogen-bond donors (Lipinski definition) is 2. The van der Waals surface area contributed by atoms with Gasteiger partial charge in [0, 0.05) is 12.2 Å². The normalized spacial score (nSPS) is 19.0. The van der Waals surface area contributed by atoms with Gasteiger partial charge in [0.15, 0.2) is 0 Å². The van der Waals surface area contributed by atoms with E-state index in [0.717, 1.165) is 56.2 Å². The average Bonchev–Trinajstić information content (AvgIpc) is 2.89. The zero-order valence-electron chi connectivity index (χ0n) is 16.1. The van der Waals surface area contributed by atoms with Crippen LogP contribution in [0.1, 0.15) is 79.9 Å². The summed E-state index contributed by atoms with van der Waals surface area (Å²) in [5.41, 5.74) is 1.98. The summed E-state index contributed by atoms with van der Waals surface area (Å²) < 4.78 is 1.84. The average molecular weight is 374 g/mol. The fraction of sp³-hybridized carbons (Fsp3) is 0.667. The van der Waals surface area contributed by atoms with Gasteiger partial charge >= 0.3 is 5.97 Å². The van der Waals surface area contributed by atoms with Gasteiger partial charge in [-0.15, -0.1) is 0 Å². The highest BCUT2D eigenvalue weighted by Crippen LogP contribution is 2.27. The van der Waals surface area contributed by atoms with Crippen LogP contribution >= 0.6 is 0 Å². The fourth-order valence-electron chi connectivity index (χ4n) is 4.38. The molecular formula is C21H30N2O4. The molecule has 2 N–H and O–H groups in total. The molecular weight excluding hydrogens is 344 g/mol. The smallest absolute Gasteiger partial charge is 0.325 e. The van der Waals surface area contributed by atoms with Gasteiger partial charge in [-0.1, -0.05) is 25.7 Å². The molecule has 0 aromatic carbocycles. The van der Waals surface area contributed by atoms with Crippen molar-refractivity contribution in [2.45, 2.75) is 83.7 Å². The van der Waals surface area contributed by atoms with E-state index in [1.165, 1.54) is 26.2 Å². The largest absolute Gasteiger partial charge is 0.480 e. The van der Waals surface area contributed by atoms with E-state index in [2.05, 4.69) is 5.32 Å². The number of pyridine rings is 1. The van der Waals surface area contributed by atoms with Gasteiger partial charge in [0.05, 0.1) is 0 Å². The Kier molecular flexibility index (Phi) is 6.34. The van der Waals surface area contributed by atoms with Crippen molar-refractivity contribution in [1.82, 2.24) is 9.88 Å². The van der Waals surface area contributed by atoms with Gasteiger partial charge < -0.3 is 15.0 Å². The number of nitrogens with zero attached hydrogens (tertiary/aromatic N) is 1. The number of carbonyl (C=O) groups is 2. The Labute approximate surface area is 160 Å². The van der Waals surface area contributed by atoms with E-state index in [0.29, 0.717) is 12.5 Å². The maximum Gasteiger partial charge on any atom is 0.325 e. The Morgan fingerprint density at radius 2 is 1.81 bits per heavy atom. The van der Waals surface area contributed by atoms with Gasteiger partial charge in [-0.25, -0.2) is 0 Å². The molecule has 1 aromatic heterocycles. The summed E-state index contributed by atoms with van der Waals surface area (Å²) in [6.45, 7) is 2.08. The maximum atomic E-state index is 13.2. The molecule has 1 heterocycles. The lowest BCUT2D eigenvalue weighted by Gasteiger charge is -2.25. The molecule has 2 aliphatic carbocycles. The van der Waals surface area contributed by atoms with Gasteiger partial charge in [0.25, 0.3) is 11.5 Å². The van der Waals surface area contributed by atoms with Gasteiger partial charge in [-0.2, -0.15) is 0 Å². The quantitative estimate of drug-likeness (QED) is 0.776. The van der Waals surface area contributed by atoms with Crippen molar-refractivity contribution in [3.63, 3.8) is 0 Å². The van der Waals surface area contributed by atoms with Crippen molar-refractivity contribution in [3.05, 3.63) is 33.2 Å². The predicted octanol–water partition coefficient (Wildman–Crippen LogP) is 2.90. The molecule has 0 radical (unpaired) electrons. The van der Waals surface area contributed by atoms with E-state index in [-0.39, 0.29) is 11.1 Å². The van der Waals surface area contributed by atoms with Gasteiger partial charge in [0.1, 0.15) is 11.6 Å². The lowest BCUT2D eigenvalue weighted by Crippen LogP contribution is -2.42. The van der Waals surface area contributed by atoms with E-state index >= 15 is 0 Å². The second kappa shape index (κ2) is 8.72. The van der Waals surface area contributed by atoms with Gasteiger partial charge in [0.2, 0.25) is 0 Å². The van der Waals surface area contributed by atoms with E-state index in [1.54, 1.807) is 6.07 Å². The van der Waals surface area contributed by atoms with Crippen LogP contribution in [0.25, 0.3) is 0 Å². The number of amides is 1. The summed E-state index contributed by atoms with van der Waals surface area (Å²) in [6, 6.07) is 0.687. The minimum absolute atomic E-state index is 0.0829. The number of hydrogen-bond acceptors (Lipinski definition) is 3. The van der Waals surface area contributed by atoms with Crippen LogP contribution in [0.15, 0.2) is 10.9 Å². The molecule has 27 heavy (non-hydrogen) atoms. The number of carbonyl (C=O) groups excluding carboxylic acids is 1. The molecule has 1 atom stereocenters. The molecule has 6 heteroatoms. The molecule has 6 nitrogen and oxygen atoms in total. The van der Waals surface area contributed by atoms with Crippen LogP contribution < -0.4 is 10.9 Å². The number of aryl methyl sites for hydroxylation is 1. The summed E-state index contributed by atoms with van der Waals surface area (Å²) in [7, 11) is 0. The number of aromatic nitrogens is 1. The molecule has 0 unspecified atom stereocenters. The second-order valence-corrected chi connectivity index (χ2v) is 8.04. The second-order valence-electron chi connectivity index (χ2n) is 8.04. The number of carboxylic acid groups (broad SMARTS) is 1. The summed E-state index contributed by atoms with van der Waals surface area (Å²) in [4.78, 5) is 36.8. The number of aliphatic carboxylic acids is 1. The van der Waals surface area contributed by atoms with Crippen molar-refractivity contribution in [2.75, 3.05) is 0 Å². The minimum atomic E-state index is -1.11. The first-order valence-electron chi connectivity index (χ1n) is 10.3. The third-order valence-electron chi connectivity index (χ3n) is 5.98. The Hall–Kier alpha value is -2.11. The highest BCUT2D eigenvalue weighted by Gasteiger charge is 2.24. The maximum absolute atomic E-state index is 13.2.